The standard InChI is InChI=1S/C21H20N4O4S2/c1-13-10-19(23-20(26)11-14-4-7-16(8-5-14)31(3,27)28)25(24-13)21-22-17-12-15(29-2)6-9-18(17)30-21/h4-10,12H,11H2,1-3H3,(H,23,26). The maximum absolute atomic E-state index is 12.6. The fourth-order valence-electron chi connectivity index (χ4n) is 3.07. The van der Waals surface area contributed by atoms with Crippen LogP contribution in [0, 0.1) is 6.92 Å². The smallest absolute Gasteiger partial charge is 0.229 e. The first-order valence-corrected chi connectivity index (χ1v) is 12.0. The first-order chi connectivity index (χ1) is 14.7. The number of thiazole rings is 1. The Morgan fingerprint density at radius 1 is 1.16 bits per heavy atom. The van der Waals surface area contributed by atoms with Crippen LogP contribution in [0.15, 0.2) is 53.4 Å². The molecular weight excluding hydrogens is 436 g/mol. The van der Waals surface area contributed by atoms with E-state index < -0.39 is 9.84 Å². The molecule has 0 saturated carbocycles. The zero-order valence-electron chi connectivity index (χ0n) is 17.1. The van der Waals surface area contributed by atoms with Crippen LogP contribution in [0.2, 0.25) is 0 Å². The predicted octanol–water partition coefficient (Wildman–Crippen LogP) is 3.38. The molecule has 160 valence electrons. The van der Waals surface area contributed by atoms with Gasteiger partial charge in [-0.25, -0.2) is 13.4 Å². The van der Waals surface area contributed by atoms with E-state index in [9.17, 15) is 13.2 Å². The molecule has 4 aromatic rings. The molecule has 1 amide bonds. The van der Waals surface area contributed by atoms with Gasteiger partial charge in [-0.1, -0.05) is 23.5 Å². The maximum Gasteiger partial charge on any atom is 0.229 e. The third-order valence-corrected chi connectivity index (χ3v) is 6.72. The zero-order chi connectivity index (χ0) is 22.2. The molecule has 2 heterocycles. The third-order valence-electron chi connectivity index (χ3n) is 4.58. The minimum Gasteiger partial charge on any atom is -0.497 e. The van der Waals surface area contributed by atoms with Crippen molar-refractivity contribution in [2.45, 2.75) is 18.2 Å². The van der Waals surface area contributed by atoms with Crippen molar-refractivity contribution in [1.29, 1.82) is 0 Å². The summed E-state index contributed by atoms with van der Waals surface area (Å²) in [7, 11) is -1.67. The van der Waals surface area contributed by atoms with Crippen molar-refractivity contribution >= 4 is 43.1 Å². The number of nitrogens with zero attached hydrogens (tertiary/aromatic N) is 3. The van der Waals surface area contributed by atoms with Gasteiger partial charge in [0.1, 0.15) is 11.6 Å². The summed E-state index contributed by atoms with van der Waals surface area (Å²) in [5.74, 6) is 0.994. The number of benzene rings is 2. The number of aryl methyl sites for hydroxylation is 1. The molecule has 10 heteroatoms. The monoisotopic (exact) mass is 456 g/mol. The van der Waals surface area contributed by atoms with E-state index in [1.807, 2.05) is 25.1 Å². The van der Waals surface area contributed by atoms with Crippen molar-refractivity contribution in [3.63, 3.8) is 0 Å². The molecule has 0 saturated heterocycles. The number of carbonyl (C=O) groups excluding carboxylic acids is 1. The van der Waals surface area contributed by atoms with Gasteiger partial charge >= 0.3 is 0 Å². The number of sulfone groups is 1. The summed E-state index contributed by atoms with van der Waals surface area (Å²) < 4.78 is 31.0. The highest BCUT2D eigenvalue weighted by Crippen LogP contribution is 2.29. The number of rotatable bonds is 6. The highest BCUT2D eigenvalue weighted by molar-refractivity contribution is 7.90. The first-order valence-electron chi connectivity index (χ1n) is 9.33. The van der Waals surface area contributed by atoms with Gasteiger partial charge < -0.3 is 10.1 Å². The van der Waals surface area contributed by atoms with Gasteiger partial charge in [0.15, 0.2) is 9.84 Å². The number of aromatic nitrogens is 3. The third kappa shape index (κ3) is 4.59. The Morgan fingerprint density at radius 3 is 2.58 bits per heavy atom. The highest BCUT2D eigenvalue weighted by Gasteiger charge is 2.15. The van der Waals surface area contributed by atoms with Gasteiger partial charge in [0, 0.05) is 18.4 Å². The van der Waals surface area contributed by atoms with Crippen LogP contribution in [0.3, 0.4) is 0 Å². The number of carbonyl (C=O) groups is 1. The Hall–Kier alpha value is -3.24. The highest BCUT2D eigenvalue weighted by atomic mass is 32.2. The molecule has 0 aliphatic rings. The lowest BCUT2D eigenvalue weighted by atomic mass is 10.1. The fourth-order valence-corrected chi connectivity index (χ4v) is 4.62. The minimum absolute atomic E-state index is 0.102. The lowest BCUT2D eigenvalue weighted by molar-refractivity contribution is -0.115. The Morgan fingerprint density at radius 2 is 1.90 bits per heavy atom. The summed E-state index contributed by atoms with van der Waals surface area (Å²) in [5.41, 5.74) is 2.24. The molecule has 0 aliphatic heterocycles. The van der Waals surface area contributed by atoms with E-state index in [0.717, 1.165) is 27.9 Å². The molecule has 0 fully saturated rings. The van der Waals surface area contributed by atoms with Gasteiger partial charge in [-0.15, -0.1) is 0 Å². The molecule has 2 aromatic heterocycles. The molecule has 4 rings (SSSR count). The summed E-state index contributed by atoms with van der Waals surface area (Å²) in [5, 5.41) is 7.97. The number of fused-ring (bicyclic) bond motifs is 1. The van der Waals surface area contributed by atoms with Crippen LogP contribution < -0.4 is 10.1 Å². The molecule has 0 unspecified atom stereocenters. The molecule has 31 heavy (non-hydrogen) atoms. The van der Waals surface area contributed by atoms with E-state index in [4.69, 9.17) is 4.74 Å². The molecule has 0 aliphatic carbocycles. The van der Waals surface area contributed by atoms with Crippen LogP contribution in [0.1, 0.15) is 11.3 Å². The average molecular weight is 457 g/mol. The summed E-state index contributed by atoms with van der Waals surface area (Å²) >= 11 is 1.46. The predicted molar refractivity (Wildman–Crippen MR) is 120 cm³/mol. The van der Waals surface area contributed by atoms with E-state index in [1.165, 1.54) is 23.5 Å². The van der Waals surface area contributed by atoms with Crippen molar-refractivity contribution in [2.75, 3.05) is 18.7 Å². The van der Waals surface area contributed by atoms with Crippen LogP contribution in [-0.4, -0.2) is 42.5 Å². The van der Waals surface area contributed by atoms with Crippen LogP contribution in [-0.2, 0) is 21.1 Å². The molecule has 2 aromatic carbocycles. The zero-order valence-corrected chi connectivity index (χ0v) is 18.8. The number of amides is 1. The van der Waals surface area contributed by atoms with Gasteiger partial charge in [0.05, 0.1) is 34.3 Å². The number of ether oxygens (including phenoxy) is 1. The van der Waals surface area contributed by atoms with Crippen molar-refractivity contribution in [1.82, 2.24) is 14.8 Å². The van der Waals surface area contributed by atoms with Crippen LogP contribution in [0.5, 0.6) is 5.75 Å². The van der Waals surface area contributed by atoms with Gasteiger partial charge in [-0.05, 0) is 36.8 Å². The van der Waals surface area contributed by atoms with Gasteiger partial charge in [-0.3, -0.25) is 4.79 Å². The Bertz CT molecular complexity index is 1370. The second kappa shape index (κ2) is 8.12. The van der Waals surface area contributed by atoms with Crippen LogP contribution in [0.25, 0.3) is 15.3 Å². The first kappa shape index (κ1) is 21.0. The van der Waals surface area contributed by atoms with E-state index >= 15 is 0 Å². The van der Waals surface area contributed by atoms with E-state index in [-0.39, 0.29) is 17.2 Å². The SMILES string of the molecule is COc1ccc2sc(-n3nc(C)cc3NC(=O)Cc3ccc(S(C)(=O)=O)cc3)nc2c1. The van der Waals surface area contributed by atoms with Gasteiger partial charge in [-0.2, -0.15) is 9.78 Å². The molecule has 0 spiro atoms. The van der Waals surface area contributed by atoms with Crippen LogP contribution in [0.4, 0.5) is 5.82 Å². The second-order valence-corrected chi connectivity index (χ2v) is 10.1. The molecule has 0 atom stereocenters. The largest absolute Gasteiger partial charge is 0.497 e. The Labute approximate surface area is 183 Å². The maximum atomic E-state index is 12.6. The van der Waals surface area contributed by atoms with Crippen molar-refractivity contribution in [2.24, 2.45) is 0 Å². The number of hydrogen-bond donors (Lipinski definition) is 1. The lowest BCUT2D eigenvalue weighted by Gasteiger charge is -2.07. The topological polar surface area (TPSA) is 103 Å². The van der Waals surface area contributed by atoms with Gasteiger partial charge in [0.2, 0.25) is 11.0 Å². The summed E-state index contributed by atoms with van der Waals surface area (Å²) in [6.07, 6.45) is 1.25. The van der Waals surface area contributed by atoms with E-state index in [2.05, 4.69) is 15.4 Å². The van der Waals surface area contributed by atoms with Crippen molar-refractivity contribution in [3.05, 3.63) is 59.8 Å². The quantitative estimate of drug-likeness (QED) is 0.477. The number of anilines is 1. The molecular formula is C21H20N4O4S2. The number of nitrogens with one attached hydrogen (secondary N) is 1. The Kier molecular flexibility index (Phi) is 5.50. The molecule has 1 N–H and O–H groups in total. The molecule has 0 bridgehead atoms. The van der Waals surface area contributed by atoms with E-state index in [1.54, 1.807) is 30.0 Å². The van der Waals surface area contributed by atoms with Crippen molar-refractivity contribution < 1.29 is 17.9 Å². The summed E-state index contributed by atoms with van der Waals surface area (Å²) in [4.78, 5) is 17.4. The number of methoxy groups -OCH3 is 1. The average Bonchev–Trinajstić information content (AvgIpc) is 3.29. The molecule has 0 radical (unpaired) electrons. The summed E-state index contributed by atoms with van der Waals surface area (Å²) in [6.45, 7) is 1.84. The van der Waals surface area contributed by atoms with E-state index in [0.29, 0.717) is 16.5 Å². The normalized spacial score (nSPS) is 11.6. The second-order valence-electron chi connectivity index (χ2n) is 7.05. The van der Waals surface area contributed by atoms with Crippen molar-refractivity contribution in [3.8, 4) is 10.9 Å². The molecule has 8 nitrogen and oxygen atoms in total. The summed E-state index contributed by atoms with van der Waals surface area (Å²) in [6, 6.07) is 13.7. The van der Waals surface area contributed by atoms with Crippen LogP contribution >= 0.6 is 11.3 Å². The number of hydrogen-bond acceptors (Lipinski definition) is 7. The minimum atomic E-state index is -3.27. The fraction of sp³-hybridized carbons (Fsp3) is 0.190. The van der Waals surface area contributed by atoms with Gasteiger partial charge in [0.25, 0.3) is 0 Å². The Balaban J connectivity index is 1.55. The lowest BCUT2D eigenvalue weighted by Crippen LogP contribution is -2.17.